The molecule has 1 atom stereocenters. The molecule has 2 aromatic carbocycles. The molecule has 3 aromatic rings. The zero-order valence-corrected chi connectivity index (χ0v) is 12.4. The summed E-state index contributed by atoms with van der Waals surface area (Å²) in [6.07, 6.45) is 0.343. The van der Waals surface area contributed by atoms with Crippen molar-refractivity contribution in [3.8, 4) is 17.1 Å². The first-order valence-electron chi connectivity index (χ1n) is 6.91. The molecule has 116 valence electrons. The van der Waals surface area contributed by atoms with Crippen molar-refractivity contribution in [2.24, 2.45) is 0 Å². The van der Waals surface area contributed by atoms with Gasteiger partial charge in [0.25, 0.3) is 0 Å². The SMILES string of the molecule is O=c1[nH]c(-c2cccc(C3Cc4cc(Cl)c(F)cc4O3)c2)no1. The number of rotatable bonds is 2. The summed E-state index contributed by atoms with van der Waals surface area (Å²) in [6.45, 7) is 0. The van der Waals surface area contributed by atoms with Crippen LogP contribution in [0.15, 0.2) is 45.7 Å². The van der Waals surface area contributed by atoms with E-state index in [4.69, 9.17) is 16.3 Å². The first-order valence-corrected chi connectivity index (χ1v) is 7.29. The molecule has 7 heteroatoms. The fourth-order valence-corrected chi connectivity index (χ4v) is 2.85. The van der Waals surface area contributed by atoms with Crippen LogP contribution in [0.4, 0.5) is 4.39 Å². The lowest BCUT2D eigenvalue weighted by atomic mass is 10.0. The van der Waals surface area contributed by atoms with E-state index in [0.29, 0.717) is 23.6 Å². The molecule has 1 aliphatic heterocycles. The highest BCUT2D eigenvalue weighted by Crippen LogP contribution is 2.39. The summed E-state index contributed by atoms with van der Waals surface area (Å²) in [7, 11) is 0. The van der Waals surface area contributed by atoms with Gasteiger partial charge in [-0.15, -0.1) is 0 Å². The minimum absolute atomic E-state index is 0.0851. The number of H-pyrrole nitrogens is 1. The number of nitrogens with one attached hydrogen (secondary N) is 1. The first-order chi connectivity index (χ1) is 11.1. The van der Waals surface area contributed by atoms with E-state index in [9.17, 15) is 9.18 Å². The average Bonchev–Trinajstić information content (AvgIpc) is 3.14. The van der Waals surface area contributed by atoms with Gasteiger partial charge in [0.05, 0.1) is 5.02 Å². The van der Waals surface area contributed by atoms with Crippen LogP contribution in [0.5, 0.6) is 5.75 Å². The molecule has 2 heterocycles. The molecule has 1 aromatic heterocycles. The Morgan fingerprint density at radius 2 is 2.17 bits per heavy atom. The molecule has 0 saturated carbocycles. The van der Waals surface area contributed by atoms with Crippen LogP contribution < -0.4 is 10.5 Å². The van der Waals surface area contributed by atoms with E-state index in [1.54, 1.807) is 12.1 Å². The second-order valence-corrected chi connectivity index (χ2v) is 5.66. The molecule has 0 fully saturated rings. The second-order valence-electron chi connectivity index (χ2n) is 5.25. The quantitative estimate of drug-likeness (QED) is 0.780. The molecular formula is C16H10ClFN2O3. The van der Waals surface area contributed by atoms with Crippen LogP contribution in [-0.2, 0) is 6.42 Å². The largest absolute Gasteiger partial charge is 0.485 e. The van der Waals surface area contributed by atoms with E-state index in [-0.39, 0.29) is 11.1 Å². The molecule has 4 rings (SSSR count). The Morgan fingerprint density at radius 3 is 2.96 bits per heavy atom. The Labute approximate surface area is 134 Å². The number of aromatic amines is 1. The molecule has 0 aliphatic carbocycles. The Morgan fingerprint density at radius 1 is 1.30 bits per heavy atom. The van der Waals surface area contributed by atoms with Gasteiger partial charge in [-0.2, -0.15) is 0 Å². The van der Waals surface area contributed by atoms with Crippen molar-refractivity contribution < 1.29 is 13.7 Å². The number of halogens is 2. The summed E-state index contributed by atoms with van der Waals surface area (Å²) in [5, 5.41) is 3.75. The van der Waals surface area contributed by atoms with Crippen LogP contribution >= 0.6 is 11.6 Å². The first kappa shape index (κ1) is 14.0. The lowest BCUT2D eigenvalue weighted by molar-refractivity contribution is 0.238. The standard InChI is InChI=1S/C16H10ClFN2O3/c17-11-5-10-6-13(22-14(10)7-12(11)18)8-2-1-3-9(4-8)15-19-16(21)23-20-15/h1-5,7,13H,6H2,(H,19,20,21). The van der Waals surface area contributed by atoms with E-state index in [0.717, 1.165) is 11.1 Å². The van der Waals surface area contributed by atoms with Crippen LogP contribution in [0.1, 0.15) is 17.2 Å². The molecule has 1 aliphatic rings. The molecule has 0 radical (unpaired) electrons. The summed E-state index contributed by atoms with van der Waals surface area (Å²) < 4.78 is 23.8. The van der Waals surface area contributed by atoms with Gasteiger partial charge in [0.2, 0.25) is 0 Å². The van der Waals surface area contributed by atoms with E-state index >= 15 is 0 Å². The normalized spacial score (nSPS) is 16.2. The van der Waals surface area contributed by atoms with Gasteiger partial charge in [-0.25, -0.2) is 9.18 Å². The number of hydrogen-bond acceptors (Lipinski definition) is 4. The van der Waals surface area contributed by atoms with Gasteiger partial charge in [0.1, 0.15) is 17.7 Å². The van der Waals surface area contributed by atoms with Crippen molar-refractivity contribution in [3.05, 3.63) is 68.9 Å². The Bertz CT molecular complexity index is 919. The van der Waals surface area contributed by atoms with Crippen molar-refractivity contribution in [1.29, 1.82) is 0 Å². The maximum absolute atomic E-state index is 13.5. The van der Waals surface area contributed by atoms with Gasteiger partial charge in [-0.05, 0) is 23.3 Å². The Hall–Kier alpha value is -2.60. The predicted molar refractivity (Wildman–Crippen MR) is 81.0 cm³/mol. The van der Waals surface area contributed by atoms with Crippen molar-refractivity contribution in [1.82, 2.24) is 10.1 Å². The molecule has 0 bridgehead atoms. The second kappa shape index (κ2) is 5.24. The summed E-state index contributed by atoms with van der Waals surface area (Å²) in [6, 6.07) is 10.3. The number of fused-ring (bicyclic) bond motifs is 1. The van der Waals surface area contributed by atoms with E-state index in [1.165, 1.54) is 6.07 Å². The molecular weight excluding hydrogens is 323 g/mol. The summed E-state index contributed by atoms with van der Waals surface area (Å²) in [4.78, 5) is 13.6. The third kappa shape index (κ3) is 2.51. The zero-order valence-electron chi connectivity index (χ0n) is 11.7. The number of benzene rings is 2. The molecule has 0 amide bonds. The smallest absolute Gasteiger partial charge is 0.439 e. The van der Waals surface area contributed by atoms with Crippen molar-refractivity contribution in [3.63, 3.8) is 0 Å². The van der Waals surface area contributed by atoms with Crippen LogP contribution in [0.2, 0.25) is 5.02 Å². The van der Waals surface area contributed by atoms with Crippen LogP contribution in [-0.4, -0.2) is 10.1 Å². The molecule has 0 saturated heterocycles. The van der Waals surface area contributed by atoms with Gasteiger partial charge in [0.15, 0.2) is 5.82 Å². The van der Waals surface area contributed by atoms with Gasteiger partial charge in [-0.3, -0.25) is 9.51 Å². The van der Waals surface area contributed by atoms with Crippen LogP contribution in [0, 0.1) is 5.82 Å². The maximum Gasteiger partial charge on any atom is 0.439 e. The Balaban J connectivity index is 1.66. The minimum atomic E-state index is -0.611. The molecule has 0 spiro atoms. The van der Waals surface area contributed by atoms with E-state index in [1.807, 2.05) is 18.2 Å². The van der Waals surface area contributed by atoms with Gasteiger partial charge in [0, 0.05) is 18.1 Å². The monoisotopic (exact) mass is 332 g/mol. The summed E-state index contributed by atoms with van der Waals surface area (Å²) in [5.41, 5.74) is 2.46. The van der Waals surface area contributed by atoms with Crippen molar-refractivity contribution in [2.45, 2.75) is 12.5 Å². The third-order valence-electron chi connectivity index (χ3n) is 3.75. The topological polar surface area (TPSA) is 68.1 Å². The predicted octanol–water partition coefficient (Wildman–Crippen LogP) is 3.50. The fraction of sp³-hybridized carbons (Fsp3) is 0.125. The Kier molecular flexibility index (Phi) is 3.20. The third-order valence-corrected chi connectivity index (χ3v) is 4.04. The highest BCUT2D eigenvalue weighted by molar-refractivity contribution is 6.30. The maximum atomic E-state index is 13.5. The summed E-state index contributed by atoms with van der Waals surface area (Å²) in [5.74, 6) is -0.265. The highest BCUT2D eigenvalue weighted by Gasteiger charge is 2.26. The van der Waals surface area contributed by atoms with Crippen LogP contribution in [0.3, 0.4) is 0 Å². The van der Waals surface area contributed by atoms with Gasteiger partial charge < -0.3 is 4.74 Å². The number of aromatic nitrogens is 2. The number of nitrogens with zero attached hydrogens (tertiary/aromatic N) is 1. The number of hydrogen-bond donors (Lipinski definition) is 1. The zero-order chi connectivity index (χ0) is 16.0. The minimum Gasteiger partial charge on any atom is -0.485 e. The average molecular weight is 333 g/mol. The molecule has 1 N–H and O–H groups in total. The molecule has 1 unspecified atom stereocenters. The fourth-order valence-electron chi connectivity index (χ4n) is 2.66. The van der Waals surface area contributed by atoms with E-state index < -0.39 is 11.6 Å². The number of ether oxygens (including phenoxy) is 1. The lowest BCUT2D eigenvalue weighted by Gasteiger charge is -2.11. The van der Waals surface area contributed by atoms with Crippen molar-refractivity contribution >= 4 is 11.6 Å². The molecule has 23 heavy (non-hydrogen) atoms. The van der Waals surface area contributed by atoms with Gasteiger partial charge >= 0.3 is 5.76 Å². The van der Waals surface area contributed by atoms with Gasteiger partial charge in [-0.1, -0.05) is 35.0 Å². The molecule has 5 nitrogen and oxygen atoms in total. The lowest BCUT2D eigenvalue weighted by Crippen LogP contribution is -2.03. The highest BCUT2D eigenvalue weighted by atomic mass is 35.5. The van der Waals surface area contributed by atoms with Crippen molar-refractivity contribution in [2.75, 3.05) is 0 Å². The van der Waals surface area contributed by atoms with E-state index in [2.05, 4.69) is 14.7 Å². The van der Waals surface area contributed by atoms with Crippen LogP contribution in [0.25, 0.3) is 11.4 Å². The summed E-state index contributed by atoms with van der Waals surface area (Å²) >= 11 is 5.81.